The highest BCUT2D eigenvalue weighted by Crippen LogP contribution is 2.28. The van der Waals surface area contributed by atoms with Crippen molar-refractivity contribution < 1.29 is 0 Å². The number of thiol groups is 1. The van der Waals surface area contributed by atoms with Crippen LogP contribution in [0.15, 0.2) is 24.4 Å². The Bertz CT molecular complexity index is 196. The molecule has 0 saturated heterocycles. The summed E-state index contributed by atoms with van der Waals surface area (Å²) in [6.07, 6.45) is 1.80. The molecular weight excluding hydrogens is 233 g/mol. The van der Waals surface area contributed by atoms with Crippen LogP contribution in [-0.4, -0.2) is 4.98 Å². The predicted molar refractivity (Wildman–Crippen MR) is 63.7 cm³/mol. The van der Waals surface area contributed by atoms with Crippen LogP contribution in [0.1, 0.15) is 17.9 Å². The average Bonchev–Trinajstić information content (AvgIpc) is 2.05. The van der Waals surface area contributed by atoms with Crippen molar-refractivity contribution in [1.82, 2.24) is 4.98 Å². The van der Waals surface area contributed by atoms with Crippen molar-refractivity contribution >= 4 is 47.3 Å². The smallest absolute Gasteiger partial charge is 0.0543 e. The van der Waals surface area contributed by atoms with Crippen LogP contribution in [0.3, 0.4) is 0 Å². The number of aromatic nitrogens is 1. The molecule has 0 aromatic carbocycles. The van der Waals surface area contributed by atoms with Crippen LogP contribution in [0.2, 0.25) is 0 Å². The van der Waals surface area contributed by atoms with E-state index >= 15 is 0 Å². The van der Waals surface area contributed by atoms with Crippen molar-refractivity contribution in [1.29, 1.82) is 0 Å². The van der Waals surface area contributed by atoms with E-state index in [1.54, 1.807) is 6.20 Å². The lowest BCUT2D eigenvalue weighted by molar-refractivity contribution is 1.01. The fourth-order valence-corrected chi connectivity index (χ4v) is 1.24. The van der Waals surface area contributed by atoms with Crippen LogP contribution in [-0.2, 0) is 0 Å². The topological polar surface area (TPSA) is 12.9 Å². The van der Waals surface area contributed by atoms with Gasteiger partial charge in [0.1, 0.15) is 0 Å². The second-order valence-electron chi connectivity index (χ2n) is 2.00. The Hall–Kier alpha value is 0.430. The molecule has 0 spiro atoms. The average molecular weight is 244 g/mol. The molecule has 1 unspecified atom stereocenters. The van der Waals surface area contributed by atoms with E-state index in [1.807, 2.05) is 18.2 Å². The second-order valence-corrected chi connectivity index (χ2v) is 3.55. The summed E-state index contributed by atoms with van der Waals surface area (Å²) in [5, 5.41) is 0.379. The Balaban J connectivity index is 0. The Morgan fingerprint density at radius 3 is 2.50 bits per heavy atom. The van der Waals surface area contributed by atoms with Gasteiger partial charge in [0.2, 0.25) is 0 Å². The number of hydrogen-bond acceptors (Lipinski definition) is 3. The van der Waals surface area contributed by atoms with Gasteiger partial charge in [-0.2, -0.15) is 0 Å². The summed E-state index contributed by atoms with van der Waals surface area (Å²) in [7, 11) is 1.51. The molecule has 1 aromatic heterocycles. The van der Waals surface area contributed by atoms with E-state index in [4.69, 9.17) is 0 Å². The molecule has 1 nitrogen and oxygen atoms in total. The molecule has 12 heavy (non-hydrogen) atoms. The first-order valence-corrected chi connectivity index (χ1v) is 4.99. The van der Waals surface area contributed by atoms with E-state index in [0.717, 1.165) is 5.69 Å². The van der Waals surface area contributed by atoms with Crippen LogP contribution in [0.5, 0.6) is 0 Å². The highest BCUT2D eigenvalue weighted by Gasteiger charge is 2.02. The van der Waals surface area contributed by atoms with Crippen molar-refractivity contribution in [3.05, 3.63) is 30.1 Å². The van der Waals surface area contributed by atoms with Gasteiger partial charge >= 0.3 is 0 Å². The maximum atomic E-state index is 4.18. The van der Waals surface area contributed by atoms with E-state index in [0.29, 0.717) is 5.25 Å². The van der Waals surface area contributed by atoms with Gasteiger partial charge in [0.15, 0.2) is 0 Å². The van der Waals surface area contributed by atoms with Gasteiger partial charge in [0, 0.05) is 6.20 Å². The number of hydrogen-bond donors (Lipinski definition) is 1. The van der Waals surface area contributed by atoms with Crippen LogP contribution in [0.4, 0.5) is 0 Å². The SMILES string of the molecule is CC(SS)c1ccccn1.Cl.Cl. The van der Waals surface area contributed by atoms with Gasteiger partial charge in [-0.25, -0.2) is 0 Å². The lowest BCUT2D eigenvalue weighted by atomic mass is 10.3. The normalized spacial score (nSPS) is 10.8. The molecule has 1 heterocycles. The van der Waals surface area contributed by atoms with Gasteiger partial charge in [0.25, 0.3) is 0 Å². The summed E-state index contributed by atoms with van der Waals surface area (Å²) in [5.41, 5.74) is 1.09. The molecule has 0 aliphatic rings. The lowest BCUT2D eigenvalue weighted by Crippen LogP contribution is -1.88. The predicted octanol–water partition coefficient (Wildman–Crippen LogP) is 3.56. The standard InChI is InChI=1S/C7H9NS2.2ClH/c1-6(10-9)7-4-2-3-5-8-7;;/h2-6,9H,1H3;2*1H. The lowest BCUT2D eigenvalue weighted by Gasteiger charge is -2.03. The molecule has 1 aromatic rings. The fraction of sp³-hybridized carbons (Fsp3) is 0.286. The first-order chi connectivity index (χ1) is 4.84. The zero-order valence-electron chi connectivity index (χ0n) is 6.51. The summed E-state index contributed by atoms with van der Waals surface area (Å²) in [5.74, 6) is 0. The van der Waals surface area contributed by atoms with E-state index in [2.05, 4.69) is 23.6 Å². The monoisotopic (exact) mass is 243 g/mol. The van der Waals surface area contributed by atoms with Crippen molar-refractivity contribution in [2.75, 3.05) is 0 Å². The molecule has 5 heteroatoms. The minimum absolute atomic E-state index is 0. The zero-order valence-corrected chi connectivity index (χ0v) is 9.85. The summed E-state index contributed by atoms with van der Waals surface area (Å²) in [6.45, 7) is 2.08. The van der Waals surface area contributed by atoms with Crippen LogP contribution >= 0.6 is 47.3 Å². The Labute approximate surface area is 94.4 Å². The molecule has 0 aliphatic heterocycles. The Morgan fingerprint density at radius 1 is 1.42 bits per heavy atom. The van der Waals surface area contributed by atoms with Crippen LogP contribution in [0.25, 0.3) is 0 Å². The third kappa shape index (κ3) is 4.45. The van der Waals surface area contributed by atoms with Crippen molar-refractivity contribution in [2.45, 2.75) is 12.2 Å². The van der Waals surface area contributed by atoms with E-state index in [1.165, 1.54) is 10.8 Å². The molecule has 0 bridgehead atoms. The zero-order chi connectivity index (χ0) is 7.40. The maximum absolute atomic E-state index is 4.18. The number of rotatable bonds is 2. The molecular formula is C7H11Cl2NS2. The molecule has 0 N–H and O–H groups in total. The molecule has 0 aliphatic carbocycles. The molecule has 1 rings (SSSR count). The molecule has 0 amide bonds. The fourth-order valence-electron chi connectivity index (χ4n) is 0.670. The van der Waals surface area contributed by atoms with Gasteiger partial charge in [-0.1, -0.05) is 16.9 Å². The first-order valence-electron chi connectivity index (χ1n) is 3.05. The third-order valence-corrected chi connectivity index (χ3v) is 2.77. The maximum Gasteiger partial charge on any atom is 0.0543 e. The molecule has 70 valence electrons. The summed E-state index contributed by atoms with van der Waals surface area (Å²) in [6, 6.07) is 5.91. The highest BCUT2D eigenvalue weighted by molar-refractivity contribution is 8.68. The molecule has 1 atom stereocenters. The summed E-state index contributed by atoms with van der Waals surface area (Å²) >= 11 is 4.10. The third-order valence-electron chi connectivity index (χ3n) is 1.26. The Kier molecular flexibility index (Phi) is 10.0. The van der Waals surface area contributed by atoms with E-state index in [9.17, 15) is 0 Å². The minimum Gasteiger partial charge on any atom is -0.260 e. The van der Waals surface area contributed by atoms with Crippen molar-refractivity contribution in [3.8, 4) is 0 Å². The van der Waals surface area contributed by atoms with E-state index < -0.39 is 0 Å². The first kappa shape index (κ1) is 14.9. The largest absolute Gasteiger partial charge is 0.260 e. The summed E-state index contributed by atoms with van der Waals surface area (Å²) < 4.78 is 0. The van der Waals surface area contributed by atoms with Gasteiger partial charge in [0.05, 0.1) is 10.9 Å². The number of halogens is 2. The molecule has 0 saturated carbocycles. The number of nitrogens with zero attached hydrogens (tertiary/aromatic N) is 1. The van der Waals surface area contributed by atoms with Gasteiger partial charge in [-0.05, 0) is 19.1 Å². The molecule has 0 fully saturated rings. The highest BCUT2D eigenvalue weighted by atomic mass is 35.5. The van der Waals surface area contributed by atoms with E-state index in [-0.39, 0.29) is 24.8 Å². The van der Waals surface area contributed by atoms with Crippen LogP contribution < -0.4 is 0 Å². The van der Waals surface area contributed by atoms with Gasteiger partial charge in [-0.3, -0.25) is 4.98 Å². The second kappa shape index (κ2) is 8.05. The van der Waals surface area contributed by atoms with Crippen molar-refractivity contribution in [2.24, 2.45) is 0 Å². The van der Waals surface area contributed by atoms with Gasteiger partial charge in [-0.15, -0.1) is 36.5 Å². The van der Waals surface area contributed by atoms with Crippen LogP contribution in [0, 0.1) is 0 Å². The quantitative estimate of drug-likeness (QED) is 0.631. The molecule has 0 radical (unpaired) electrons. The number of pyridine rings is 1. The Morgan fingerprint density at radius 2 is 2.08 bits per heavy atom. The van der Waals surface area contributed by atoms with Gasteiger partial charge < -0.3 is 0 Å². The minimum atomic E-state index is 0. The van der Waals surface area contributed by atoms with Crippen molar-refractivity contribution in [3.63, 3.8) is 0 Å². The summed E-state index contributed by atoms with van der Waals surface area (Å²) in [4.78, 5) is 4.18.